The summed E-state index contributed by atoms with van der Waals surface area (Å²) in [6, 6.07) is 3.44. The number of carboxylic acids is 1. The van der Waals surface area contributed by atoms with E-state index in [2.05, 4.69) is 4.72 Å². The minimum atomic E-state index is -3.83. The lowest BCUT2D eigenvalue weighted by molar-refractivity contribution is 0.0696. The van der Waals surface area contributed by atoms with Gasteiger partial charge in [0.2, 0.25) is 10.0 Å². The molecular weight excluding hydrogens is 302 g/mol. The number of aromatic carboxylic acids is 1. The van der Waals surface area contributed by atoms with Crippen molar-refractivity contribution in [3.05, 3.63) is 40.9 Å². The van der Waals surface area contributed by atoms with Crippen molar-refractivity contribution in [2.24, 2.45) is 0 Å². The molecule has 0 bridgehead atoms. The van der Waals surface area contributed by atoms with Gasteiger partial charge in [0.05, 0.1) is 10.6 Å². The molecule has 1 atom stereocenters. The molecule has 0 heterocycles. The lowest BCUT2D eigenvalue weighted by Gasteiger charge is -2.19. The number of nitrogens with one attached hydrogen (secondary N) is 1. The van der Waals surface area contributed by atoms with E-state index in [0.717, 1.165) is 12.5 Å². The highest BCUT2D eigenvalue weighted by Gasteiger charge is 2.23. The van der Waals surface area contributed by atoms with Crippen molar-refractivity contribution in [2.75, 3.05) is 0 Å². The van der Waals surface area contributed by atoms with Crippen LogP contribution in [0.15, 0.2) is 35.2 Å². The van der Waals surface area contributed by atoms with Crippen LogP contribution in [0.5, 0.6) is 0 Å². The van der Waals surface area contributed by atoms with Crippen molar-refractivity contribution in [1.82, 2.24) is 4.72 Å². The highest BCUT2D eigenvalue weighted by molar-refractivity contribution is 7.89. The average Bonchev–Trinajstić information content (AvgIpc) is 2.39. The van der Waals surface area contributed by atoms with Crippen LogP contribution in [0, 0.1) is 0 Å². The van der Waals surface area contributed by atoms with Gasteiger partial charge in [-0.1, -0.05) is 23.8 Å². The van der Waals surface area contributed by atoms with Crippen LogP contribution in [0.2, 0.25) is 5.02 Å². The number of hydrogen-bond donors (Lipinski definition) is 2. The van der Waals surface area contributed by atoms with Crippen LogP contribution in [0.25, 0.3) is 0 Å². The van der Waals surface area contributed by atoms with Crippen LogP contribution >= 0.6 is 11.6 Å². The average molecular weight is 316 g/mol. The number of hydrogen-bond acceptors (Lipinski definition) is 3. The van der Waals surface area contributed by atoms with E-state index in [1.54, 1.807) is 0 Å². The largest absolute Gasteiger partial charge is 0.478 e. The monoisotopic (exact) mass is 315 g/mol. The van der Waals surface area contributed by atoms with Crippen LogP contribution in [0.1, 0.15) is 29.6 Å². The number of benzene rings is 1. The zero-order chi connectivity index (χ0) is 14.8. The quantitative estimate of drug-likeness (QED) is 0.836. The first-order valence-electron chi connectivity index (χ1n) is 6.10. The highest BCUT2D eigenvalue weighted by atomic mass is 35.5. The maximum atomic E-state index is 12.3. The van der Waals surface area contributed by atoms with E-state index >= 15 is 0 Å². The number of rotatable bonds is 4. The fraction of sp³-hybridized carbons (Fsp3) is 0.308. The molecule has 7 heteroatoms. The van der Waals surface area contributed by atoms with E-state index in [1.807, 2.05) is 12.2 Å². The van der Waals surface area contributed by atoms with E-state index in [0.29, 0.717) is 12.8 Å². The Hall–Kier alpha value is -1.37. The summed E-state index contributed by atoms with van der Waals surface area (Å²) in [5.74, 6) is -1.20. The Bertz CT molecular complexity index is 654. The number of halogens is 1. The predicted molar refractivity (Wildman–Crippen MR) is 75.5 cm³/mol. The van der Waals surface area contributed by atoms with Crippen molar-refractivity contribution in [3.8, 4) is 0 Å². The molecule has 1 aromatic carbocycles. The predicted octanol–water partition coefficient (Wildman–Crippen LogP) is 2.43. The Labute approximate surface area is 122 Å². The summed E-state index contributed by atoms with van der Waals surface area (Å²) in [5, 5.41) is 8.93. The summed E-state index contributed by atoms with van der Waals surface area (Å²) in [6.45, 7) is 0. The molecule has 20 heavy (non-hydrogen) atoms. The first kappa shape index (κ1) is 15.0. The summed E-state index contributed by atoms with van der Waals surface area (Å²) in [5.41, 5.74) is -0.113. The van der Waals surface area contributed by atoms with Crippen LogP contribution in [0.4, 0.5) is 0 Å². The van der Waals surface area contributed by atoms with Gasteiger partial charge in [-0.2, -0.15) is 0 Å². The van der Waals surface area contributed by atoms with Crippen molar-refractivity contribution in [1.29, 1.82) is 0 Å². The topological polar surface area (TPSA) is 83.5 Å². The fourth-order valence-corrected chi connectivity index (χ4v) is 3.83. The molecule has 2 N–H and O–H groups in total. The molecule has 0 saturated carbocycles. The number of carbonyl (C=O) groups is 1. The third-order valence-corrected chi connectivity index (χ3v) is 5.06. The smallest absolute Gasteiger partial charge is 0.335 e. The molecular formula is C13H14ClNO4S. The van der Waals surface area contributed by atoms with E-state index in [-0.39, 0.29) is 21.5 Å². The van der Waals surface area contributed by atoms with Gasteiger partial charge < -0.3 is 5.11 Å². The van der Waals surface area contributed by atoms with E-state index in [9.17, 15) is 13.2 Å². The second kappa shape index (κ2) is 5.95. The molecule has 0 aromatic heterocycles. The number of allylic oxidation sites excluding steroid dienone is 1. The first-order valence-corrected chi connectivity index (χ1v) is 7.96. The zero-order valence-corrected chi connectivity index (χ0v) is 12.1. The maximum absolute atomic E-state index is 12.3. The molecule has 1 unspecified atom stereocenters. The Kier molecular flexibility index (Phi) is 4.47. The van der Waals surface area contributed by atoms with E-state index < -0.39 is 16.0 Å². The fourth-order valence-electron chi connectivity index (χ4n) is 2.03. The molecule has 2 rings (SSSR count). The van der Waals surface area contributed by atoms with Crippen LogP contribution in [-0.4, -0.2) is 25.5 Å². The molecule has 1 aliphatic carbocycles. The lowest BCUT2D eigenvalue weighted by Crippen LogP contribution is -2.35. The molecule has 0 spiro atoms. The van der Waals surface area contributed by atoms with Gasteiger partial charge in [0.1, 0.15) is 4.90 Å². The minimum Gasteiger partial charge on any atom is -0.478 e. The SMILES string of the molecule is O=C(O)c1ccc(Cl)c(S(=O)(=O)NC2CC=CCC2)c1. The zero-order valence-electron chi connectivity index (χ0n) is 10.5. The summed E-state index contributed by atoms with van der Waals surface area (Å²) < 4.78 is 27.1. The Balaban J connectivity index is 2.30. The van der Waals surface area contributed by atoms with Crippen LogP contribution in [0.3, 0.4) is 0 Å². The van der Waals surface area contributed by atoms with Gasteiger partial charge in [-0.15, -0.1) is 0 Å². The van der Waals surface area contributed by atoms with Crippen molar-refractivity contribution in [3.63, 3.8) is 0 Å². The Morgan fingerprint density at radius 2 is 2.10 bits per heavy atom. The van der Waals surface area contributed by atoms with Gasteiger partial charge in [-0.25, -0.2) is 17.9 Å². The van der Waals surface area contributed by atoms with Crippen LogP contribution < -0.4 is 4.72 Å². The van der Waals surface area contributed by atoms with E-state index in [1.165, 1.54) is 12.1 Å². The highest BCUT2D eigenvalue weighted by Crippen LogP contribution is 2.24. The van der Waals surface area contributed by atoms with Gasteiger partial charge in [-0.3, -0.25) is 0 Å². The second-order valence-corrected chi connectivity index (χ2v) is 6.64. The van der Waals surface area contributed by atoms with Gasteiger partial charge in [0.15, 0.2) is 0 Å². The maximum Gasteiger partial charge on any atom is 0.335 e. The lowest BCUT2D eigenvalue weighted by atomic mass is 10.0. The number of sulfonamides is 1. The molecule has 1 aliphatic rings. The molecule has 0 radical (unpaired) electrons. The van der Waals surface area contributed by atoms with Crippen molar-refractivity contribution in [2.45, 2.75) is 30.2 Å². The third kappa shape index (κ3) is 3.39. The van der Waals surface area contributed by atoms with Gasteiger partial charge >= 0.3 is 5.97 Å². The number of carboxylic acid groups (broad SMARTS) is 1. The molecule has 0 fully saturated rings. The Morgan fingerprint density at radius 1 is 1.35 bits per heavy atom. The molecule has 5 nitrogen and oxygen atoms in total. The molecule has 0 saturated heterocycles. The van der Waals surface area contributed by atoms with Crippen LogP contribution in [-0.2, 0) is 10.0 Å². The van der Waals surface area contributed by atoms with Gasteiger partial charge in [0, 0.05) is 6.04 Å². The summed E-state index contributed by atoms with van der Waals surface area (Å²) in [7, 11) is -3.83. The summed E-state index contributed by atoms with van der Waals surface area (Å²) in [4.78, 5) is 10.7. The normalized spacial score (nSPS) is 18.9. The summed E-state index contributed by atoms with van der Waals surface area (Å²) in [6.07, 6.45) is 6.08. The molecule has 0 amide bonds. The third-order valence-electron chi connectivity index (χ3n) is 3.06. The van der Waals surface area contributed by atoms with E-state index in [4.69, 9.17) is 16.7 Å². The molecule has 108 valence electrons. The first-order chi connectivity index (χ1) is 9.40. The van der Waals surface area contributed by atoms with Gasteiger partial charge in [0.25, 0.3) is 0 Å². The van der Waals surface area contributed by atoms with Gasteiger partial charge in [-0.05, 0) is 37.5 Å². The summed E-state index contributed by atoms with van der Waals surface area (Å²) >= 11 is 5.88. The van der Waals surface area contributed by atoms with Crippen molar-refractivity contribution < 1.29 is 18.3 Å². The molecule has 1 aromatic rings. The minimum absolute atomic E-state index is 0.00820. The van der Waals surface area contributed by atoms with Crippen molar-refractivity contribution >= 4 is 27.6 Å². The standard InChI is InChI=1S/C13H14ClNO4S/c14-11-7-6-9(13(16)17)8-12(11)20(18,19)15-10-4-2-1-3-5-10/h1-2,6-8,10,15H,3-5H2,(H,16,17). The Morgan fingerprint density at radius 3 is 2.70 bits per heavy atom. The second-order valence-electron chi connectivity index (χ2n) is 4.55. The molecule has 0 aliphatic heterocycles.